The number of benzene rings is 2. The Morgan fingerprint density at radius 3 is 2.63 bits per heavy atom. The second kappa shape index (κ2) is 6.97. The van der Waals surface area contributed by atoms with E-state index < -0.39 is 0 Å². The van der Waals surface area contributed by atoms with E-state index in [9.17, 15) is 0 Å². The molecule has 0 aromatic heterocycles. The number of hydrogen-bond donors (Lipinski definition) is 1. The smallest absolute Gasteiger partial charge is 0.0171 e. The minimum absolute atomic E-state index is 0.241. The van der Waals surface area contributed by atoms with E-state index in [1.165, 1.54) is 22.8 Å². The summed E-state index contributed by atoms with van der Waals surface area (Å²) in [5, 5.41) is 3.36. The quantitative estimate of drug-likeness (QED) is 0.852. The Bertz CT molecular complexity index is 518. The van der Waals surface area contributed by atoms with E-state index in [0.29, 0.717) is 5.25 Å². The van der Waals surface area contributed by atoms with Crippen molar-refractivity contribution in [3.8, 4) is 0 Å². The fourth-order valence-electron chi connectivity index (χ4n) is 2.22. The summed E-state index contributed by atoms with van der Waals surface area (Å²) in [4.78, 5) is 0. The van der Waals surface area contributed by atoms with Crippen molar-refractivity contribution in [1.29, 1.82) is 0 Å². The van der Waals surface area contributed by atoms with Gasteiger partial charge < -0.3 is 5.73 Å². The third-order valence-electron chi connectivity index (χ3n) is 3.53. The van der Waals surface area contributed by atoms with Crippen molar-refractivity contribution >= 4 is 22.5 Å². The molecule has 0 radical (unpaired) electrons. The van der Waals surface area contributed by atoms with Crippen LogP contribution in [0.2, 0.25) is 0 Å². The van der Waals surface area contributed by atoms with Crippen LogP contribution in [0.1, 0.15) is 25.8 Å². The van der Waals surface area contributed by atoms with E-state index in [1.807, 2.05) is 11.8 Å². The Morgan fingerprint density at radius 2 is 1.84 bits per heavy atom. The molecule has 2 rings (SSSR count). The summed E-state index contributed by atoms with van der Waals surface area (Å²) in [6, 6.07) is 15.3. The van der Waals surface area contributed by atoms with E-state index in [2.05, 4.69) is 56.3 Å². The molecular formula is C17H23NS. The van der Waals surface area contributed by atoms with Crippen LogP contribution in [0.5, 0.6) is 0 Å². The lowest BCUT2D eigenvalue weighted by Gasteiger charge is -2.15. The number of rotatable bonds is 6. The molecule has 0 aliphatic carbocycles. The minimum Gasteiger partial charge on any atom is -0.327 e. The van der Waals surface area contributed by atoms with Gasteiger partial charge in [0.25, 0.3) is 0 Å². The topological polar surface area (TPSA) is 26.0 Å². The number of thioether (sulfide) groups is 1. The average molecular weight is 273 g/mol. The van der Waals surface area contributed by atoms with E-state index in [-0.39, 0.29) is 6.04 Å². The molecule has 0 heterocycles. The molecule has 0 aliphatic rings. The first-order valence-corrected chi connectivity index (χ1v) is 8.09. The minimum atomic E-state index is 0.241. The maximum absolute atomic E-state index is 6.28. The largest absolute Gasteiger partial charge is 0.327 e. The molecule has 2 N–H and O–H groups in total. The Hall–Kier alpha value is -0.990. The van der Waals surface area contributed by atoms with E-state index in [1.54, 1.807) is 0 Å². The predicted octanol–water partition coefficient (Wildman–Crippen LogP) is 4.24. The maximum atomic E-state index is 6.28. The van der Waals surface area contributed by atoms with Crippen LogP contribution in [-0.2, 0) is 6.42 Å². The third kappa shape index (κ3) is 3.99. The Labute approximate surface area is 120 Å². The van der Waals surface area contributed by atoms with Gasteiger partial charge in [-0.3, -0.25) is 0 Å². The first-order chi connectivity index (χ1) is 9.20. The second-order valence-corrected chi connectivity index (χ2v) is 6.63. The zero-order valence-corrected chi connectivity index (χ0v) is 12.6. The normalized spacial score (nSPS) is 14.5. The molecule has 2 heteroatoms. The summed E-state index contributed by atoms with van der Waals surface area (Å²) in [5.74, 6) is 1.04. The van der Waals surface area contributed by atoms with Crippen molar-refractivity contribution in [3.05, 3.63) is 48.0 Å². The molecule has 0 fully saturated rings. The van der Waals surface area contributed by atoms with Gasteiger partial charge in [-0.25, -0.2) is 0 Å². The number of nitrogens with two attached hydrogens (primary N) is 1. The van der Waals surface area contributed by atoms with Crippen LogP contribution in [0.4, 0.5) is 0 Å². The highest BCUT2D eigenvalue weighted by molar-refractivity contribution is 7.99. The van der Waals surface area contributed by atoms with Gasteiger partial charge in [0.05, 0.1) is 0 Å². The number of hydrogen-bond acceptors (Lipinski definition) is 2. The molecule has 2 aromatic carbocycles. The zero-order chi connectivity index (χ0) is 13.7. The standard InChI is InChI=1S/C17H23NS/c1-3-13(2)19-12-16(18)11-15-9-6-8-14-7-4-5-10-17(14)15/h4-10,13,16H,3,11-12,18H2,1-2H3. The molecule has 2 unspecified atom stereocenters. The van der Waals surface area contributed by atoms with Gasteiger partial charge in [0.15, 0.2) is 0 Å². The van der Waals surface area contributed by atoms with Crippen LogP contribution in [-0.4, -0.2) is 17.0 Å². The monoisotopic (exact) mass is 273 g/mol. The highest BCUT2D eigenvalue weighted by atomic mass is 32.2. The van der Waals surface area contributed by atoms with E-state index in [4.69, 9.17) is 5.73 Å². The first kappa shape index (κ1) is 14.4. The SMILES string of the molecule is CCC(C)SCC(N)Cc1cccc2ccccc12. The Morgan fingerprint density at radius 1 is 1.11 bits per heavy atom. The molecule has 2 aromatic rings. The number of fused-ring (bicyclic) bond motifs is 1. The summed E-state index contributed by atoms with van der Waals surface area (Å²) in [7, 11) is 0. The third-order valence-corrected chi connectivity index (χ3v) is 5.05. The maximum Gasteiger partial charge on any atom is 0.0171 e. The summed E-state index contributed by atoms with van der Waals surface area (Å²) >= 11 is 1.98. The lowest BCUT2D eigenvalue weighted by Crippen LogP contribution is -2.26. The van der Waals surface area contributed by atoms with Gasteiger partial charge in [0.2, 0.25) is 0 Å². The molecule has 2 atom stereocenters. The predicted molar refractivity (Wildman–Crippen MR) is 87.8 cm³/mol. The van der Waals surface area contributed by atoms with Gasteiger partial charge in [-0.05, 0) is 29.2 Å². The van der Waals surface area contributed by atoms with Crippen molar-refractivity contribution in [3.63, 3.8) is 0 Å². The van der Waals surface area contributed by atoms with Gasteiger partial charge >= 0.3 is 0 Å². The van der Waals surface area contributed by atoms with Crippen LogP contribution < -0.4 is 5.73 Å². The van der Waals surface area contributed by atoms with E-state index >= 15 is 0 Å². The molecule has 0 saturated carbocycles. The van der Waals surface area contributed by atoms with Crippen molar-refractivity contribution in [2.75, 3.05) is 5.75 Å². The molecule has 19 heavy (non-hydrogen) atoms. The van der Waals surface area contributed by atoms with Crippen molar-refractivity contribution in [2.24, 2.45) is 5.73 Å². The van der Waals surface area contributed by atoms with Crippen LogP contribution in [0.15, 0.2) is 42.5 Å². The fourth-order valence-corrected chi connectivity index (χ4v) is 3.15. The summed E-state index contributed by atoms with van der Waals surface area (Å²) in [6.07, 6.45) is 2.18. The van der Waals surface area contributed by atoms with Gasteiger partial charge in [-0.15, -0.1) is 0 Å². The summed E-state index contributed by atoms with van der Waals surface area (Å²) < 4.78 is 0. The zero-order valence-electron chi connectivity index (χ0n) is 11.8. The molecular weight excluding hydrogens is 250 g/mol. The van der Waals surface area contributed by atoms with Crippen LogP contribution >= 0.6 is 11.8 Å². The summed E-state index contributed by atoms with van der Waals surface area (Å²) in [5.41, 5.74) is 7.65. The fraction of sp³-hybridized carbons (Fsp3) is 0.412. The van der Waals surface area contributed by atoms with Crippen LogP contribution in [0.25, 0.3) is 10.8 Å². The molecule has 0 aliphatic heterocycles. The molecule has 0 saturated heterocycles. The molecule has 0 spiro atoms. The highest BCUT2D eigenvalue weighted by Gasteiger charge is 2.09. The lowest BCUT2D eigenvalue weighted by molar-refractivity contribution is 0.748. The molecule has 1 nitrogen and oxygen atoms in total. The van der Waals surface area contributed by atoms with Gasteiger partial charge in [-0.1, -0.05) is 56.3 Å². The molecule has 0 amide bonds. The second-order valence-electron chi connectivity index (χ2n) is 5.15. The van der Waals surface area contributed by atoms with Crippen molar-refractivity contribution in [2.45, 2.75) is 38.0 Å². The van der Waals surface area contributed by atoms with E-state index in [0.717, 1.165) is 12.2 Å². The van der Waals surface area contributed by atoms with Gasteiger partial charge in [-0.2, -0.15) is 11.8 Å². The first-order valence-electron chi connectivity index (χ1n) is 7.04. The van der Waals surface area contributed by atoms with Crippen LogP contribution in [0, 0.1) is 0 Å². The van der Waals surface area contributed by atoms with Crippen molar-refractivity contribution < 1.29 is 0 Å². The van der Waals surface area contributed by atoms with Crippen LogP contribution in [0.3, 0.4) is 0 Å². The highest BCUT2D eigenvalue weighted by Crippen LogP contribution is 2.21. The van der Waals surface area contributed by atoms with Gasteiger partial charge in [0, 0.05) is 17.0 Å². The van der Waals surface area contributed by atoms with Gasteiger partial charge in [0.1, 0.15) is 0 Å². The van der Waals surface area contributed by atoms with Crippen molar-refractivity contribution in [1.82, 2.24) is 0 Å². The Balaban J connectivity index is 2.04. The Kier molecular flexibility index (Phi) is 5.29. The molecule has 0 bridgehead atoms. The lowest BCUT2D eigenvalue weighted by atomic mass is 10.00. The summed E-state index contributed by atoms with van der Waals surface area (Å²) in [6.45, 7) is 4.50. The average Bonchev–Trinajstić information content (AvgIpc) is 2.45. The molecule has 102 valence electrons.